The second kappa shape index (κ2) is 6.08. The molecule has 110 valence electrons. The number of carbonyl (C=O) groups is 1. The quantitative estimate of drug-likeness (QED) is 0.827. The molecular formula is C17H16Cl2O2. The number of carboxylic acids is 1. The molecule has 2 nitrogen and oxygen atoms in total. The zero-order chi connectivity index (χ0) is 15.6. The molecule has 0 aliphatic carbocycles. The lowest BCUT2D eigenvalue weighted by Gasteiger charge is -2.19. The van der Waals surface area contributed by atoms with Crippen LogP contribution in [0.4, 0.5) is 0 Å². The van der Waals surface area contributed by atoms with E-state index in [1.54, 1.807) is 19.9 Å². The van der Waals surface area contributed by atoms with Crippen molar-refractivity contribution in [3.63, 3.8) is 0 Å². The summed E-state index contributed by atoms with van der Waals surface area (Å²) < 4.78 is 0. The minimum Gasteiger partial charge on any atom is -0.481 e. The normalized spacial score (nSPS) is 11.4. The average molecular weight is 323 g/mol. The third-order valence-corrected chi connectivity index (χ3v) is 4.26. The van der Waals surface area contributed by atoms with Crippen molar-refractivity contribution < 1.29 is 9.90 Å². The zero-order valence-electron chi connectivity index (χ0n) is 11.9. The van der Waals surface area contributed by atoms with E-state index in [0.29, 0.717) is 16.5 Å². The first-order valence-electron chi connectivity index (χ1n) is 6.58. The number of hydrogen-bond donors (Lipinski definition) is 1. The summed E-state index contributed by atoms with van der Waals surface area (Å²) in [6.07, 6.45) is 0.478. The first kappa shape index (κ1) is 15.9. The Labute approximate surface area is 134 Å². The van der Waals surface area contributed by atoms with Gasteiger partial charge in [0.2, 0.25) is 0 Å². The molecule has 0 aliphatic heterocycles. The molecule has 0 aromatic heterocycles. The highest BCUT2D eigenvalue weighted by Gasteiger charge is 2.27. The Bertz CT molecular complexity index is 661. The molecule has 0 radical (unpaired) electrons. The van der Waals surface area contributed by atoms with Gasteiger partial charge < -0.3 is 5.11 Å². The Kier molecular flexibility index (Phi) is 4.60. The van der Waals surface area contributed by atoms with Crippen LogP contribution in [0.25, 0.3) is 11.1 Å². The summed E-state index contributed by atoms with van der Waals surface area (Å²) in [6, 6.07) is 13.2. The maximum absolute atomic E-state index is 11.2. The lowest BCUT2D eigenvalue weighted by Crippen LogP contribution is -2.26. The van der Waals surface area contributed by atoms with E-state index in [9.17, 15) is 4.79 Å². The molecule has 1 N–H and O–H groups in total. The molecule has 0 saturated heterocycles. The lowest BCUT2D eigenvalue weighted by molar-refractivity contribution is -0.146. The number of carboxylic acid groups (broad SMARTS) is 1. The largest absolute Gasteiger partial charge is 0.481 e. The Morgan fingerprint density at radius 3 is 2.29 bits per heavy atom. The van der Waals surface area contributed by atoms with Crippen LogP contribution in [0, 0.1) is 5.41 Å². The maximum Gasteiger partial charge on any atom is 0.309 e. The van der Waals surface area contributed by atoms with Crippen LogP contribution in [0.5, 0.6) is 0 Å². The Balaban J connectivity index is 2.27. The van der Waals surface area contributed by atoms with Crippen LogP contribution in [-0.4, -0.2) is 11.1 Å². The molecule has 0 aliphatic rings. The number of halogens is 2. The Morgan fingerprint density at radius 2 is 1.71 bits per heavy atom. The minimum atomic E-state index is -0.801. The molecule has 2 aromatic rings. The predicted molar refractivity (Wildman–Crippen MR) is 87.0 cm³/mol. The summed E-state index contributed by atoms with van der Waals surface area (Å²) in [7, 11) is 0. The van der Waals surface area contributed by atoms with Crippen molar-refractivity contribution in [2.24, 2.45) is 5.41 Å². The van der Waals surface area contributed by atoms with Crippen LogP contribution in [-0.2, 0) is 11.2 Å². The zero-order valence-corrected chi connectivity index (χ0v) is 13.4. The van der Waals surface area contributed by atoms with Gasteiger partial charge in [0, 0.05) is 5.56 Å². The summed E-state index contributed by atoms with van der Waals surface area (Å²) >= 11 is 12.2. The first-order valence-corrected chi connectivity index (χ1v) is 7.33. The molecule has 2 rings (SSSR count). The summed E-state index contributed by atoms with van der Waals surface area (Å²) in [6.45, 7) is 3.44. The van der Waals surface area contributed by atoms with E-state index in [4.69, 9.17) is 28.3 Å². The highest BCUT2D eigenvalue weighted by molar-refractivity contribution is 6.43. The molecule has 0 unspecified atom stereocenters. The van der Waals surface area contributed by atoms with E-state index in [2.05, 4.69) is 0 Å². The SMILES string of the molecule is CC(C)(Cc1ccc(-c2cccc(Cl)c2Cl)cc1)C(=O)O. The minimum absolute atomic E-state index is 0.478. The molecule has 0 fully saturated rings. The Morgan fingerprint density at radius 1 is 1.10 bits per heavy atom. The number of benzene rings is 2. The third kappa shape index (κ3) is 3.58. The van der Waals surface area contributed by atoms with Gasteiger partial charge >= 0.3 is 5.97 Å². The van der Waals surface area contributed by atoms with Crippen molar-refractivity contribution in [3.8, 4) is 11.1 Å². The summed E-state index contributed by atoms with van der Waals surface area (Å²) in [5.74, 6) is -0.801. The first-order chi connectivity index (χ1) is 9.81. The van der Waals surface area contributed by atoms with Gasteiger partial charge in [-0.2, -0.15) is 0 Å². The van der Waals surface area contributed by atoms with Gasteiger partial charge in [-0.3, -0.25) is 4.79 Å². The van der Waals surface area contributed by atoms with Crippen molar-refractivity contribution in [3.05, 3.63) is 58.1 Å². The van der Waals surface area contributed by atoms with Crippen LogP contribution in [0.1, 0.15) is 19.4 Å². The smallest absolute Gasteiger partial charge is 0.309 e. The van der Waals surface area contributed by atoms with E-state index >= 15 is 0 Å². The van der Waals surface area contributed by atoms with Gasteiger partial charge in [-0.05, 0) is 37.5 Å². The highest BCUT2D eigenvalue weighted by Crippen LogP contribution is 2.33. The van der Waals surface area contributed by atoms with Gasteiger partial charge in [0.05, 0.1) is 15.5 Å². The van der Waals surface area contributed by atoms with Crippen molar-refractivity contribution in [1.82, 2.24) is 0 Å². The van der Waals surface area contributed by atoms with Crippen LogP contribution in [0.2, 0.25) is 10.0 Å². The third-order valence-electron chi connectivity index (χ3n) is 3.44. The monoisotopic (exact) mass is 322 g/mol. The van der Waals surface area contributed by atoms with Gasteiger partial charge in [0.25, 0.3) is 0 Å². The molecular weight excluding hydrogens is 307 g/mol. The summed E-state index contributed by atoms with van der Waals surface area (Å²) in [5.41, 5.74) is 2.02. The number of aliphatic carboxylic acids is 1. The fourth-order valence-corrected chi connectivity index (χ4v) is 2.52. The summed E-state index contributed by atoms with van der Waals surface area (Å²) in [5, 5.41) is 10.2. The van der Waals surface area contributed by atoms with Crippen molar-refractivity contribution in [2.75, 3.05) is 0 Å². The van der Waals surface area contributed by atoms with Crippen LogP contribution in [0.15, 0.2) is 42.5 Å². The molecule has 0 bridgehead atoms. The number of rotatable bonds is 4. The van der Waals surface area contributed by atoms with Gasteiger partial charge in [0.1, 0.15) is 0 Å². The van der Waals surface area contributed by atoms with E-state index in [1.165, 1.54) is 0 Å². The molecule has 0 spiro atoms. The van der Waals surface area contributed by atoms with Crippen LogP contribution >= 0.6 is 23.2 Å². The van der Waals surface area contributed by atoms with Crippen molar-refractivity contribution in [2.45, 2.75) is 20.3 Å². The Hall–Kier alpha value is -1.51. The van der Waals surface area contributed by atoms with E-state index in [0.717, 1.165) is 16.7 Å². The second-order valence-corrected chi connectivity index (χ2v) is 6.45. The van der Waals surface area contributed by atoms with Crippen LogP contribution < -0.4 is 0 Å². The molecule has 21 heavy (non-hydrogen) atoms. The molecule has 2 aromatic carbocycles. The van der Waals surface area contributed by atoms with Crippen molar-refractivity contribution >= 4 is 29.2 Å². The van der Waals surface area contributed by atoms with Crippen LogP contribution in [0.3, 0.4) is 0 Å². The van der Waals surface area contributed by atoms with Gasteiger partial charge in [0.15, 0.2) is 0 Å². The molecule has 0 heterocycles. The second-order valence-electron chi connectivity index (χ2n) is 5.66. The van der Waals surface area contributed by atoms with Gasteiger partial charge in [-0.15, -0.1) is 0 Å². The predicted octanol–water partition coefficient (Wildman–Crippen LogP) is 5.31. The topological polar surface area (TPSA) is 37.3 Å². The lowest BCUT2D eigenvalue weighted by atomic mass is 9.85. The average Bonchev–Trinajstić information content (AvgIpc) is 2.42. The molecule has 0 saturated carbocycles. The fourth-order valence-electron chi connectivity index (χ4n) is 2.11. The maximum atomic E-state index is 11.2. The molecule has 0 atom stereocenters. The standard InChI is InChI=1S/C17H16Cl2O2/c1-17(2,16(20)21)10-11-6-8-12(9-7-11)13-4-3-5-14(18)15(13)19/h3-9H,10H2,1-2H3,(H,20,21). The van der Waals surface area contributed by atoms with E-state index in [-0.39, 0.29) is 0 Å². The van der Waals surface area contributed by atoms with E-state index < -0.39 is 11.4 Å². The van der Waals surface area contributed by atoms with Crippen molar-refractivity contribution in [1.29, 1.82) is 0 Å². The van der Waals surface area contributed by atoms with Gasteiger partial charge in [-0.25, -0.2) is 0 Å². The molecule has 0 amide bonds. The molecule has 4 heteroatoms. The fraction of sp³-hybridized carbons (Fsp3) is 0.235. The highest BCUT2D eigenvalue weighted by atomic mass is 35.5. The number of hydrogen-bond acceptors (Lipinski definition) is 1. The van der Waals surface area contributed by atoms with E-state index in [1.807, 2.05) is 36.4 Å². The van der Waals surface area contributed by atoms with Gasteiger partial charge in [-0.1, -0.05) is 59.6 Å². The summed E-state index contributed by atoms with van der Waals surface area (Å²) in [4.78, 5) is 11.2.